The molecular formula is C20H18BrFN2O2. The Labute approximate surface area is 160 Å². The lowest BCUT2D eigenvalue weighted by molar-refractivity contribution is -0.117. The van der Waals surface area contributed by atoms with E-state index in [1.165, 1.54) is 18.2 Å². The number of amides is 1. The highest BCUT2D eigenvalue weighted by Gasteiger charge is 2.11. The number of benzene rings is 2. The van der Waals surface area contributed by atoms with E-state index in [1.54, 1.807) is 30.3 Å². The lowest BCUT2D eigenvalue weighted by atomic mass is 10.1. The summed E-state index contributed by atoms with van der Waals surface area (Å²) < 4.78 is 19.3. The summed E-state index contributed by atoms with van der Waals surface area (Å²) in [7, 11) is 0. The largest absolute Gasteiger partial charge is 0.488 e. The molecule has 26 heavy (non-hydrogen) atoms. The van der Waals surface area contributed by atoms with Gasteiger partial charge >= 0.3 is 0 Å². The number of nitrogens with zero attached hydrogens (tertiary/aromatic N) is 1. The molecule has 1 amide bonds. The number of carbonyl (C=O) groups excluding carboxylic acids is 1. The van der Waals surface area contributed by atoms with E-state index in [1.807, 2.05) is 19.9 Å². The summed E-state index contributed by atoms with van der Waals surface area (Å²) in [5.74, 6) is -0.0901. The zero-order chi connectivity index (χ0) is 19.1. The average Bonchev–Trinajstić information content (AvgIpc) is 2.59. The molecule has 1 N–H and O–H groups in total. The molecule has 4 nitrogen and oxygen atoms in total. The Balaban J connectivity index is 2.10. The van der Waals surface area contributed by atoms with Crippen molar-refractivity contribution < 1.29 is 13.9 Å². The minimum Gasteiger partial charge on any atom is -0.488 e. The maximum absolute atomic E-state index is 12.9. The Bertz CT molecular complexity index is 855. The summed E-state index contributed by atoms with van der Waals surface area (Å²) in [5, 5.41) is 11.9. The van der Waals surface area contributed by atoms with Crippen LogP contribution in [-0.2, 0) is 11.4 Å². The van der Waals surface area contributed by atoms with Gasteiger partial charge < -0.3 is 10.1 Å². The Morgan fingerprint density at radius 2 is 2.00 bits per heavy atom. The number of rotatable bonds is 6. The SMILES string of the molecule is CC(C)NC(=O)/C(C#N)=C\c1ccc(OCc2ccc(F)cc2)c(Br)c1. The number of nitrogens with one attached hydrogen (secondary N) is 1. The van der Waals surface area contributed by atoms with Crippen molar-refractivity contribution in [1.29, 1.82) is 5.26 Å². The molecule has 6 heteroatoms. The van der Waals surface area contributed by atoms with Crippen LogP contribution in [0.25, 0.3) is 6.08 Å². The minimum absolute atomic E-state index is 0.0329. The minimum atomic E-state index is -0.407. The third-order valence-electron chi connectivity index (χ3n) is 3.36. The fourth-order valence-electron chi connectivity index (χ4n) is 2.12. The molecule has 0 atom stereocenters. The van der Waals surface area contributed by atoms with Crippen molar-refractivity contribution in [3.8, 4) is 11.8 Å². The van der Waals surface area contributed by atoms with Crippen molar-refractivity contribution in [2.75, 3.05) is 0 Å². The Kier molecular flexibility index (Phi) is 6.93. The highest BCUT2D eigenvalue weighted by atomic mass is 79.9. The number of hydrogen-bond donors (Lipinski definition) is 1. The molecule has 134 valence electrons. The van der Waals surface area contributed by atoms with E-state index in [0.29, 0.717) is 22.4 Å². The molecule has 2 aromatic rings. The van der Waals surface area contributed by atoms with Crippen molar-refractivity contribution in [3.63, 3.8) is 0 Å². The van der Waals surface area contributed by atoms with Crippen LogP contribution in [0.4, 0.5) is 4.39 Å². The summed E-state index contributed by atoms with van der Waals surface area (Å²) in [5.41, 5.74) is 1.58. The lowest BCUT2D eigenvalue weighted by Gasteiger charge is -2.10. The fourth-order valence-corrected chi connectivity index (χ4v) is 2.63. The maximum atomic E-state index is 12.9. The second-order valence-electron chi connectivity index (χ2n) is 5.90. The van der Waals surface area contributed by atoms with E-state index in [9.17, 15) is 14.4 Å². The monoisotopic (exact) mass is 416 g/mol. The molecule has 0 aliphatic carbocycles. The standard InChI is InChI=1S/C20H18BrFN2O2/c1-13(2)24-20(25)16(11-23)9-15-5-8-19(18(21)10-15)26-12-14-3-6-17(22)7-4-14/h3-10,13H,12H2,1-2H3,(H,24,25)/b16-9-. The molecule has 0 saturated heterocycles. The van der Waals surface area contributed by atoms with E-state index in [0.717, 1.165) is 5.56 Å². The van der Waals surface area contributed by atoms with Gasteiger partial charge in [0.1, 0.15) is 29.8 Å². The van der Waals surface area contributed by atoms with Crippen molar-refractivity contribution in [3.05, 3.63) is 69.5 Å². The van der Waals surface area contributed by atoms with Crippen molar-refractivity contribution >= 4 is 27.9 Å². The summed E-state index contributed by atoms with van der Waals surface area (Å²) in [4.78, 5) is 12.0. The van der Waals surface area contributed by atoms with Crippen molar-refractivity contribution in [2.24, 2.45) is 0 Å². The summed E-state index contributed by atoms with van der Waals surface area (Å²) in [6.45, 7) is 3.96. The van der Waals surface area contributed by atoms with Gasteiger partial charge in [-0.2, -0.15) is 5.26 Å². The van der Waals surface area contributed by atoms with Crippen LogP contribution in [0.1, 0.15) is 25.0 Å². The van der Waals surface area contributed by atoms with Crippen LogP contribution >= 0.6 is 15.9 Å². The number of hydrogen-bond acceptors (Lipinski definition) is 3. The molecule has 0 aromatic heterocycles. The second-order valence-corrected chi connectivity index (χ2v) is 6.76. The zero-order valence-electron chi connectivity index (χ0n) is 14.4. The van der Waals surface area contributed by atoms with Gasteiger partial charge in [0.2, 0.25) is 0 Å². The van der Waals surface area contributed by atoms with Crippen LogP contribution in [0, 0.1) is 17.1 Å². The van der Waals surface area contributed by atoms with Gasteiger partial charge in [-0.15, -0.1) is 0 Å². The smallest absolute Gasteiger partial charge is 0.262 e. The van der Waals surface area contributed by atoms with Gasteiger partial charge in [-0.05, 0) is 71.2 Å². The zero-order valence-corrected chi connectivity index (χ0v) is 16.0. The molecule has 0 spiro atoms. The molecule has 0 fully saturated rings. The third kappa shape index (κ3) is 5.71. The van der Waals surface area contributed by atoms with Gasteiger partial charge in [0, 0.05) is 6.04 Å². The Hall–Kier alpha value is -2.65. The normalized spacial score (nSPS) is 11.2. The predicted molar refractivity (Wildman–Crippen MR) is 102 cm³/mol. The van der Waals surface area contributed by atoms with Gasteiger partial charge in [0.25, 0.3) is 5.91 Å². The number of ether oxygens (including phenoxy) is 1. The topological polar surface area (TPSA) is 62.1 Å². The van der Waals surface area contributed by atoms with Gasteiger partial charge in [0.05, 0.1) is 4.47 Å². The lowest BCUT2D eigenvalue weighted by Crippen LogP contribution is -2.30. The van der Waals surface area contributed by atoms with E-state index in [4.69, 9.17) is 4.74 Å². The van der Waals surface area contributed by atoms with E-state index >= 15 is 0 Å². The van der Waals surface area contributed by atoms with E-state index in [-0.39, 0.29) is 17.4 Å². The van der Waals surface area contributed by atoms with Crippen LogP contribution in [0.15, 0.2) is 52.5 Å². The fraction of sp³-hybridized carbons (Fsp3) is 0.200. The number of carbonyl (C=O) groups is 1. The molecule has 0 saturated carbocycles. The van der Waals surface area contributed by atoms with Crippen molar-refractivity contribution in [1.82, 2.24) is 5.32 Å². The average molecular weight is 417 g/mol. The van der Waals surface area contributed by atoms with Crippen molar-refractivity contribution in [2.45, 2.75) is 26.5 Å². The Morgan fingerprint density at radius 1 is 1.31 bits per heavy atom. The number of nitriles is 1. The van der Waals surface area contributed by atoms with E-state index < -0.39 is 5.91 Å². The van der Waals surface area contributed by atoms with E-state index in [2.05, 4.69) is 21.2 Å². The van der Waals surface area contributed by atoms with Gasteiger partial charge in [-0.1, -0.05) is 18.2 Å². The summed E-state index contributed by atoms with van der Waals surface area (Å²) in [6, 6.07) is 13.2. The molecule has 0 bridgehead atoms. The first-order valence-corrected chi connectivity index (χ1v) is 8.78. The third-order valence-corrected chi connectivity index (χ3v) is 3.98. The van der Waals surface area contributed by atoms with Crippen LogP contribution in [0.2, 0.25) is 0 Å². The molecule has 0 heterocycles. The Morgan fingerprint density at radius 3 is 2.58 bits per heavy atom. The first-order chi connectivity index (χ1) is 12.4. The molecule has 0 radical (unpaired) electrons. The summed E-state index contributed by atoms with van der Waals surface area (Å²) in [6.07, 6.45) is 1.52. The highest BCUT2D eigenvalue weighted by Crippen LogP contribution is 2.27. The van der Waals surface area contributed by atoms with Crippen LogP contribution < -0.4 is 10.1 Å². The van der Waals surface area contributed by atoms with Crippen LogP contribution in [0.5, 0.6) is 5.75 Å². The number of halogens is 2. The van der Waals surface area contributed by atoms with Crippen LogP contribution in [0.3, 0.4) is 0 Å². The quantitative estimate of drug-likeness (QED) is 0.552. The molecule has 2 rings (SSSR count). The first kappa shape index (κ1) is 19.7. The maximum Gasteiger partial charge on any atom is 0.262 e. The second kappa shape index (κ2) is 9.16. The molecule has 0 aliphatic rings. The molecular weight excluding hydrogens is 399 g/mol. The molecule has 0 aliphatic heterocycles. The summed E-state index contributed by atoms with van der Waals surface area (Å²) >= 11 is 3.42. The first-order valence-electron chi connectivity index (χ1n) is 7.98. The van der Waals surface area contributed by atoms with Gasteiger partial charge in [-0.25, -0.2) is 4.39 Å². The van der Waals surface area contributed by atoms with Gasteiger partial charge in [-0.3, -0.25) is 4.79 Å². The molecule has 0 unspecified atom stereocenters. The highest BCUT2D eigenvalue weighted by molar-refractivity contribution is 9.10. The van der Waals surface area contributed by atoms with Gasteiger partial charge in [0.15, 0.2) is 0 Å². The molecule has 2 aromatic carbocycles. The van der Waals surface area contributed by atoms with Crippen LogP contribution in [-0.4, -0.2) is 11.9 Å². The predicted octanol–water partition coefficient (Wildman–Crippen LogP) is 4.60.